The molecule has 0 N–H and O–H groups in total. The van der Waals surface area contributed by atoms with E-state index in [9.17, 15) is 0 Å². The number of fused-ring (bicyclic) bond motifs is 1. The molecule has 0 spiro atoms. The molecule has 0 saturated carbocycles. The number of aryl methyl sites for hydroxylation is 1. The predicted molar refractivity (Wildman–Crippen MR) is 53.8 cm³/mol. The maximum atomic E-state index is 2.43. The second kappa shape index (κ2) is 2.86. The monoisotopic (exact) mass is 181 g/mol. The van der Waals surface area contributed by atoms with Crippen molar-refractivity contribution in [1.82, 2.24) is 4.90 Å². The van der Waals surface area contributed by atoms with E-state index in [1.54, 1.807) is 10.4 Å². The first-order chi connectivity index (χ1) is 5.70. The molecule has 0 aliphatic carbocycles. The van der Waals surface area contributed by atoms with Crippen molar-refractivity contribution in [3.05, 3.63) is 21.4 Å². The van der Waals surface area contributed by atoms with Gasteiger partial charge in [0.25, 0.3) is 0 Å². The van der Waals surface area contributed by atoms with E-state index in [0.717, 1.165) is 0 Å². The van der Waals surface area contributed by atoms with Gasteiger partial charge in [0.2, 0.25) is 0 Å². The third kappa shape index (κ3) is 1.10. The summed E-state index contributed by atoms with van der Waals surface area (Å²) in [5.41, 5.74) is 3.07. The minimum Gasteiger partial charge on any atom is -0.299 e. The van der Waals surface area contributed by atoms with E-state index >= 15 is 0 Å². The standard InChI is InChI=1S/C10H15NS/c1-7-6-12-9-4-5-11(3)8(2)10(7)9/h6,8H,4-5H2,1-3H3. The summed E-state index contributed by atoms with van der Waals surface area (Å²) < 4.78 is 0. The Hall–Kier alpha value is -0.340. The van der Waals surface area contributed by atoms with Gasteiger partial charge < -0.3 is 0 Å². The molecule has 66 valence electrons. The van der Waals surface area contributed by atoms with Crippen LogP contribution in [0.15, 0.2) is 5.38 Å². The van der Waals surface area contributed by atoms with E-state index in [4.69, 9.17) is 0 Å². The highest BCUT2D eigenvalue weighted by Gasteiger charge is 2.23. The van der Waals surface area contributed by atoms with Gasteiger partial charge in [-0.25, -0.2) is 0 Å². The molecular formula is C10H15NS. The Morgan fingerprint density at radius 3 is 3.08 bits per heavy atom. The zero-order valence-corrected chi connectivity index (χ0v) is 8.74. The van der Waals surface area contributed by atoms with Crippen molar-refractivity contribution >= 4 is 11.3 Å². The van der Waals surface area contributed by atoms with Gasteiger partial charge in [0.15, 0.2) is 0 Å². The number of likely N-dealkylation sites (N-methyl/N-ethyl adjacent to an activating group) is 1. The van der Waals surface area contributed by atoms with Crippen LogP contribution in [0.25, 0.3) is 0 Å². The van der Waals surface area contributed by atoms with Crippen LogP contribution < -0.4 is 0 Å². The van der Waals surface area contributed by atoms with Gasteiger partial charge in [-0.05, 0) is 43.8 Å². The topological polar surface area (TPSA) is 3.24 Å². The number of nitrogens with zero attached hydrogens (tertiary/aromatic N) is 1. The second-order valence-electron chi connectivity index (χ2n) is 3.66. The first-order valence-corrected chi connectivity index (χ1v) is 5.35. The molecule has 0 fully saturated rings. The molecular weight excluding hydrogens is 166 g/mol. The summed E-state index contributed by atoms with van der Waals surface area (Å²) in [5, 5.41) is 2.29. The Morgan fingerprint density at radius 2 is 2.33 bits per heavy atom. The Kier molecular flexibility index (Phi) is 1.97. The molecule has 1 nitrogen and oxygen atoms in total. The second-order valence-corrected chi connectivity index (χ2v) is 4.63. The minimum atomic E-state index is 0.625. The van der Waals surface area contributed by atoms with Crippen LogP contribution >= 0.6 is 11.3 Å². The normalized spacial score (nSPS) is 24.1. The average molecular weight is 181 g/mol. The van der Waals surface area contributed by atoms with Crippen molar-refractivity contribution in [2.45, 2.75) is 26.3 Å². The van der Waals surface area contributed by atoms with Gasteiger partial charge in [0, 0.05) is 17.5 Å². The molecule has 0 saturated heterocycles. The van der Waals surface area contributed by atoms with Gasteiger partial charge in [0.1, 0.15) is 0 Å². The maximum Gasteiger partial charge on any atom is 0.0330 e. The largest absolute Gasteiger partial charge is 0.299 e. The lowest BCUT2D eigenvalue weighted by Crippen LogP contribution is -2.29. The van der Waals surface area contributed by atoms with Crippen molar-refractivity contribution in [2.24, 2.45) is 0 Å². The highest BCUT2D eigenvalue weighted by molar-refractivity contribution is 7.10. The highest BCUT2D eigenvalue weighted by atomic mass is 32.1. The van der Waals surface area contributed by atoms with Crippen LogP contribution in [0.3, 0.4) is 0 Å². The van der Waals surface area contributed by atoms with Gasteiger partial charge in [-0.15, -0.1) is 11.3 Å². The summed E-state index contributed by atoms with van der Waals surface area (Å²) in [5.74, 6) is 0. The summed E-state index contributed by atoms with van der Waals surface area (Å²) in [6.45, 7) is 5.75. The molecule has 1 aromatic heterocycles. The van der Waals surface area contributed by atoms with E-state index < -0.39 is 0 Å². The molecule has 1 unspecified atom stereocenters. The number of hydrogen-bond acceptors (Lipinski definition) is 2. The van der Waals surface area contributed by atoms with E-state index in [0.29, 0.717) is 6.04 Å². The van der Waals surface area contributed by atoms with E-state index in [1.807, 2.05) is 11.3 Å². The molecule has 2 heteroatoms. The van der Waals surface area contributed by atoms with Crippen molar-refractivity contribution in [1.29, 1.82) is 0 Å². The third-order valence-electron chi connectivity index (χ3n) is 2.87. The van der Waals surface area contributed by atoms with Gasteiger partial charge in [-0.2, -0.15) is 0 Å². The van der Waals surface area contributed by atoms with Crippen LogP contribution in [-0.4, -0.2) is 18.5 Å². The van der Waals surface area contributed by atoms with Gasteiger partial charge >= 0.3 is 0 Å². The van der Waals surface area contributed by atoms with Gasteiger partial charge in [-0.3, -0.25) is 4.90 Å². The van der Waals surface area contributed by atoms with E-state index in [-0.39, 0.29) is 0 Å². The Labute approximate surface area is 78.0 Å². The van der Waals surface area contributed by atoms with E-state index in [1.165, 1.54) is 18.5 Å². The lowest BCUT2D eigenvalue weighted by atomic mass is 9.99. The fourth-order valence-electron chi connectivity index (χ4n) is 1.95. The molecule has 0 aromatic carbocycles. The van der Waals surface area contributed by atoms with Crippen LogP contribution in [0.4, 0.5) is 0 Å². The molecule has 0 radical (unpaired) electrons. The Bertz CT molecular complexity index is 290. The number of thiophene rings is 1. The van der Waals surface area contributed by atoms with Crippen molar-refractivity contribution in [2.75, 3.05) is 13.6 Å². The summed E-state index contributed by atoms with van der Waals surface area (Å²) in [7, 11) is 2.21. The third-order valence-corrected chi connectivity index (χ3v) is 4.05. The van der Waals surface area contributed by atoms with Gasteiger partial charge in [0.05, 0.1) is 0 Å². The summed E-state index contributed by atoms with van der Waals surface area (Å²) in [6.07, 6.45) is 1.24. The molecule has 0 amide bonds. The molecule has 2 heterocycles. The maximum absolute atomic E-state index is 2.43. The molecule has 1 aliphatic heterocycles. The lowest BCUT2D eigenvalue weighted by molar-refractivity contribution is 0.249. The van der Waals surface area contributed by atoms with Crippen molar-refractivity contribution in [3.63, 3.8) is 0 Å². The lowest BCUT2D eigenvalue weighted by Gasteiger charge is -2.30. The van der Waals surface area contributed by atoms with Crippen LogP contribution in [0.1, 0.15) is 29.0 Å². The molecule has 12 heavy (non-hydrogen) atoms. The SMILES string of the molecule is Cc1csc2c1C(C)N(C)CC2. The van der Waals surface area contributed by atoms with Crippen LogP contribution in [0.2, 0.25) is 0 Å². The molecule has 2 rings (SSSR count). The van der Waals surface area contributed by atoms with Crippen LogP contribution in [0, 0.1) is 6.92 Å². The molecule has 1 aliphatic rings. The number of rotatable bonds is 0. The van der Waals surface area contributed by atoms with E-state index in [2.05, 4.69) is 31.2 Å². The fourth-order valence-corrected chi connectivity index (χ4v) is 3.07. The molecule has 1 aromatic rings. The predicted octanol–water partition coefficient (Wildman–Crippen LogP) is 2.61. The van der Waals surface area contributed by atoms with Crippen molar-refractivity contribution in [3.8, 4) is 0 Å². The molecule has 1 atom stereocenters. The van der Waals surface area contributed by atoms with Gasteiger partial charge in [-0.1, -0.05) is 0 Å². The summed E-state index contributed by atoms with van der Waals surface area (Å²) in [6, 6.07) is 0.625. The zero-order valence-electron chi connectivity index (χ0n) is 7.92. The highest BCUT2D eigenvalue weighted by Crippen LogP contribution is 2.34. The zero-order chi connectivity index (χ0) is 8.72. The fraction of sp³-hybridized carbons (Fsp3) is 0.600. The molecule has 0 bridgehead atoms. The number of hydrogen-bond donors (Lipinski definition) is 0. The van der Waals surface area contributed by atoms with Crippen molar-refractivity contribution < 1.29 is 0 Å². The minimum absolute atomic E-state index is 0.625. The summed E-state index contributed by atoms with van der Waals surface area (Å²) in [4.78, 5) is 4.04. The van der Waals surface area contributed by atoms with Crippen LogP contribution in [0.5, 0.6) is 0 Å². The Morgan fingerprint density at radius 1 is 1.58 bits per heavy atom. The smallest absolute Gasteiger partial charge is 0.0330 e. The average Bonchev–Trinajstić information content (AvgIpc) is 2.41. The Balaban J connectivity index is 2.45. The first-order valence-electron chi connectivity index (χ1n) is 4.47. The van der Waals surface area contributed by atoms with Crippen LogP contribution in [-0.2, 0) is 6.42 Å². The quantitative estimate of drug-likeness (QED) is 0.594. The first kappa shape index (κ1) is 8.27. The summed E-state index contributed by atoms with van der Waals surface area (Å²) >= 11 is 1.93.